The Hall–Kier alpha value is -1.78. The van der Waals surface area contributed by atoms with E-state index >= 15 is 0 Å². The van der Waals surface area contributed by atoms with Gasteiger partial charge in [-0.3, -0.25) is 10.1 Å². The van der Waals surface area contributed by atoms with E-state index in [4.69, 9.17) is 4.74 Å². The molecule has 2 aliphatic rings. The number of rotatable bonds is 4. The minimum atomic E-state index is -0.349. The van der Waals surface area contributed by atoms with E-state index in [-0.39, 0.29) is 10.6 Å². The number of ether oxygens (including phenoxy) is 1. The number of nitro groups is 1. The number of hydrogen-bond donors (Lipinski definition) is 1. The molecule has 0 aliphatic heterocycles. The number of benzene rings is 1. The second kappa shape index (κ2) is 4.72. The monoisotopic (exact) mass is 262 g/mol. The molecule has 2 bridgehead atoms. The number of nitrogens with one attached hydrogen (secondary N) is 1. The largest absolute Gasteiger partial charge is 0.496 e. The van der Waals surface area contributed by atoms with Gasteiger partial charge in [-0.15, -0.1) is 0 Å². The van der Waals surface area contributed by atoms with E-state index in [2.05, 4.69) is 5.32 Å². The quantitative estimate of drug-likeness (QED) is 0.668. The lowest BCUT2D eigenvalue weighted by molar-refractivity contribution is -0.384. The molecule has 0 spiro atoms. The fraction of sp³-hybridized carbons (Fsp3) is 0.571. The maximum Gasteiger partial charge on any atom is 0.296 e. The predicted octanol–water partition coefficient (Wildman–Crippen LogP) is 3.20. The summed E-state index contributed by atoms with van der Waals surface area (Å²) in [7, 11) is 1.52. The fourth-order valence-electron chi connectivity index (χ4n) is 3.53. The Morgan fingerprint density at radius 1 is 1.37 bits per heavy atom. The molecule has 1 aromatic rings. The van der Waals surface area contributed by atoms with Crippen molar-refractivity contribution in [2.45, 2.75) is 31.7 Å². The first kappa shape index (κ1) is 12.3. The minimum absolute atomic E-state index is 0.0992. The van der Waals surface area contributed by atoms with Crippen LogP contribution in [-0.2, 0) is 0 Å². The van der Waals surface area contributed by atoms with E-state index in [1.54, 1.807) is 12.1 Å². The molecule has 102 valence electrons. The summed E-state index contributed by atoms with van der Waals surface area (Å²) < 4.78 is 5.05. The Kier molecular flexibility index (Phi) is 3.05. The molecular weight excluding hydrogens is 244 g/mol. The highest BCUT2D eigenvalue weighted by atomic mass is 16.6. The van der Waals surface area contributed by atoms with Crippen LogP contribution in [0.4, 0.5) is 11.4 Å². The van der Waals surface area contributed by atoms with E-state index in [0.29, 0.717) is 23.4 Å². The Balaban J connectivity index is 1.82. The molecule has 1 N–H and O–H groups in total. The zero-order chi connectivity index (χ0) is 13.4. The summed E-state index contributed by atoms with van der Waals surface area (Å²) in [6.07, 6.45) is 5.01. The normalized spacial score (nSPS) is 28.4. The fourth-order valence-corrected chi connectivity index (χ4v) is 3.53. The maximum absolute atomic E-state index is 11.1. The zero-order valence-corrected chi connectivity index (χ0v) is 11.0. The van der Waals surface area contributed by atoms with Crippen LogP contribution in [0.5, 0.6) is 5.75 Å². The predicted molar refractivity (Wildman–Crippen MR) is 72.5 cm³/mol. The van der Waals surface area contributed by atoms with E-state index in [1.807, 2.05) is 0 Å². The molecule has 0 radical (unpaired) electrons. The SMILES string of the molecule is COc1ccc(NC2CC3CCC2C3)c([N+](=O)[O-])c1. The molecule has 2 aliphatic carbocycles. The van der Waals surface area contributed by atoms with Gasteiger partial charge in [0.25, 0.3) is 5.69 Å². The zero-order valence-electron chi connectivity index (χ0n) is 11.0. The summed E-state index contributed by atoms with van der Waals surface area (Å²) in [5.74, 6) is 2.02. The van der Waals surface area contributed by atoms with Crippen molar-refractivity contribution in [1.82, 2.24) is 0 Å². The third-order valence-electron chi connectivity index (χ3n) is 4.48. The first-order chi connectivity index (χ1) is 9.17. The summed E-state index contributed by atoms with van der Waals surface area (Å²) in [4.78, 5) is 10.8. The van der Waals surface area contributed by atoms with Crippen molar-refractivity contribution in [3.8, 4) is 5.75 Å². The molecule has 0 amide bonds. The van der Waals surface area contributed by atoms with Crippen LogP contribution in [0.3, 0.4) is 0 Å². The molecule has 3 atom stereocenters. The lowest BCUT2D eigenvalue weighted by atomic mass is 9.95. The number of nitrogens with zero attached hydrogens (tertiary/aromatic N) is 1. The number of hydrogen-bond acceptors (Lipinski definition) is 4. The highest BCUT2D eigenvalue weighted by Gasteiger charge is 2.40. The number of nitro benzene ring substituents is 1. The van der Waals surface area contributed by atoms with Gasteiger partial charge in [0.15, 0.2) is 0 Å². The van der Waals surface area contributed by atoms with Gasteiger partial charge in [0.05, 0.1) is 18.1 Å². The average Bonchev–Trinajstić information content (AvgIpc) is 3.01. The maximum atomic E-state index is 11.1. The van der Waals surface area contributed by atoms with Gasteiger partial charge in [-0.25, -0.2) is 0 Å². The first-order valence-electron chi connectivity index (χ1n) is 6.76. The first-order valence-corrected chi connectivity index (χ1v) is 6.76. The topological polar surface area (TPSA) is 64.4 Å². The van der Waals surface area contributed by atoms with Gasteiger partial charge in [0.1, 0.15) is 11.4 Å². The van der Waals surface area contributed by atoms with Gasteiger partial charge < -0.3 is 10.1 Å². The van der Waals surface area contributed by atoms with Crippen molar-refractivity contribution in [2.75, 3.05) is 12.4 Å². The van der Waals surface area contributed by atoms with Gasteiger partial charge in [-0.2, -0.15) is 0 Å². The molecule has 3 unspecified atom stereocenters. The lowest BCUT2D eigenvalue weighted by Gasteiger charge is -2.23. The number of methoxy groups -OCH3 is 1. The second-order valence-electron chi connectivity index (χ2n) is 5.57. The Labute approximate surface area is 112 Å². The van der Waals surface area contributed by atoms with Gasteiger partial charge in [0.2, 0.25) is 0 Å². The summed E-state index contributed by atoms with van der Waals surface area (Å²) >= 11 is 0. The molecule has 0 saturated heterocycles. The van der Waals surface area contributed by atoms with Crippen LogP contribution < -0.4 is 10.1 Å². The van der Waals surface area contributed by atoms with Gasteiger partial charge in [-0.1, -0.05) is 6.42 Å². The van der Waals surface area contributed by atoms with Crippen LogP contribution in [0.1, 0.15) is 25.7 Å². The number of fused-ring (bicyclic) bond motifs is 2. The molecule has 2 fully saturated rings. The van der Waals surface area contributed by atoms with E-state index in [1.165, 1.54) is 32.4 Å². The average molecular weight is 262 g/mol. The van der Waals surface area contributed by atoms with Crippen molar-refractivity contribution in [3.05, 3.63) is 28.3 Å². The van der Waals surface area contributed by atoms with Crippen LogP contribution in [0.25, 0.3) is 0 Å². The van der Waals surface area contributed by atoms with Crippen LogP contribution in [-0.4, -0.2) is 18.1 Å². The van der Waals surface area contributed by atoms with E-state index in [0.717, 1.165) is 12.3 Å². The Morgan fingerprint density at radius 2 is 2.21 bits per heavy atom. The third-order valence-corrected chi connectivity index (χ3v) is 4.48. The van der Waals surface area contributed by atoms with Gasteiger partial charge in [0, 0.05) is 6.04 Å². The van der Waals surface area contributed by atoms with Crippen LogP contribution >= 0.6 is 0 Å². The molecule has 19 heavy (non-hydrogen) atoms. The summed E-state index contributed by atoms with van der Waals surface area (Å²) in [6.45, 7) is 0. The Bertz CT molecular complexity index is 503. The van der Waals surface area contributed by atoms with Crippen molar-refractivity contribution >= 4 is 11.4 Å². The molecule has 3 rings (SSSR count). The smallest absolute Gasteiger partial charge is 0.296 e. The van der Waals surface area contributed by atoms with Crippen molar-refractivity contribution in [3.63, 3.8) is 0 Å². The van der Waals surface area contributed by atoms with Crippen LogP contribution in [0.2, 0.25) is 0 Å². The summed E-state index contributed by atoms with van der Waals surface area (Å²) in [5, 5.41) is 14.5. The highest BCUT2D eigenvalue weighted by Crippen LogP contribution is 2.46. The van der Waals surface area contributed by atoms with Crippen molar-refractivity contribution < 1.29 is 9.66 Å². The summed E-state index contributed by atoms with van der Waals surface area (Å²) in [6, 6.07) is 5.40. The molecular formula is C14H18N2O3. The lowest BCUT2D eigenvalue weighted by Crippen LogP contribution is -2.26. The van der Waals surface area contributed by atoms with Crippen molar-refractivity contribution in [2.24, 2.45) is 11.8 Å². The standard InChI is InChI=1S/C14H18N2O3/c1-19-11-4-5-12(14(8-11)16(17)18)15-13-7-9-2-3-10(13)6-9/h4-5,8-10,13,15H,2-3,6-7H2,1H3. The highest BCUT2D eigenvalue weighted by molar-refractivity contribution is 5.64. The Morgan fingerprint density at radius 3 is 2.79 bits per heavy atom. The van der Waals surface area contributed by atoms with Gasteiger partial charge >= 0.3 is 0 Å². The molecule has 1 aromatic carbocycles. The molecule has 2 saturated carbocycles. The van der Waals surface area contributed by atoms with Crippen LogP contribution in [0, 0.1) is 22.0 Å². The molecule has 0 heterocycles. The van der Waals surface area contributed by atoms with Gasteiger partial charge in [-0.05, 0) is 43.2 Å². The van der Waals surface area contributed by atoms with E-state index in [9.17, 15) is 10.1 Å². The molecule has 0 aromatic heterocycles. The molecule has 5 nitrogen and oxygen atoms in total. The van der Waals surface area contributed by atoms with Crippen LogP contribution in [0.15, 0.2) is 18.2 Å². The number of anilines is 1. The van der Waals surface area contributed by atoms with Crippen molar-refractivity contribution in [1.29, 1.82) is 0 Å². The van der Waals surface area contributed by atoms with E-state index < -0.39 is 0 Å². The second-order valence-corrected chi connectivity index (χ2v) is 5.57. The molecule has 5 heteroatoms. The minimum Gasteiger partial charge on any atom is -0.496 e. The third kappa shape index (κ3) is 2.25. The summed E-state index contributed by atoms with van der Waals surface area (Å²) in [5.41, 5.74) is 0.713.